The molecular formula is C23H28N2O5. The predicted molar refractivity (Wildman–Crippen MR) is 110 cm³/mol. The molecular weight excluding hydrogens is 384 g/mol. The summed E-state index contributed by atoms with van der Waals surface area (Å²) in [5.74, 6) is 0.574. The van der Waals surface area contributed by atoms with E-state index in [-0.39, 0.29) is 24.8 Å². The summed E-state index contributed by atoms with van der Waals surface area (Å²) in [5, 5.41) is 14.2. The fraction of sp³-hybridized carbons (Fsp3) is 0.522. The molecule has 2 aromatic rings. The average molecular weight is 412 g/mol. The molecule has 1 aliphatic carbocycles. The van der Waals surface area contributed by atoms with E-state index in [1.165, 1.54) is 0 Å². The maximum Gasteiger partial charge on any atom is 0.311 e. The first-order valence-electron chi connectivity index (χ1n) is 10.6. The molecule has 2 aliphatic rings. The molecule has 0 unspecified atom stereocenters. The first-order valence-corrected chi connectivity index (χ1v) is 10.6. The molecule has 1 atom stereocenters. The Morgan fingerprint density at radius 3 is 2.63 bits per heavy atom. The summed E-state index contributed by atoms with van der Waals surface area (Å²) in [6, 6.07) is 9.25. The van der Waals surface area contributed by atoms with Crippen LogP contribution in [0.1, 0.15) is 44.3 Å². The van der Waals surface area contributed by atoms with Crippen LogP contribution in [0, 0.1) is 11.3 Å². The van der Waals surface area contributed by atoms with E-state index in [4.69, 9.17) is 9.26 Å². The van der Waals surface area contributed by atoms with Crippen molar-refractivity contribution in [1.82, 2.24) is 10.1 Å². The number of hydrogen-bond acceptors (Lipinski definition) is 5. The lowest BCUT2D eigenvalue weighted by Gasteiger charge is -2.40. The van der Waals surface area contributed by atoms with Gasteiger partial charge in [0.15, 0.2) is 0 Å². The number of benzene rings is 1. The Labute approximate surface area is 176 Å². The van der Waals surface area contributed by atoms with Gasteiger partial charge in [-0.1, -0.05) is 18.0 Å². The average Bonchev–Trinajstić information content (AvgIpc) is 3.46. The summed E-state index contributed by atoms with van der Waals surface area (Å²) in [5.41, 5.74) is 0.489. The molecule has 7 nitrogen and oxygen atoms in total. The largest absolute Gasteiger partial charge is 0.497 e. The number of piperidine rings is 1. The van der Waals surface area contributed by atoms with Crippen molar-refractivity contribution in [3.05, 3.63) is 36.1 Å². The van der Waals surface area contributed by atoms with Crippen LogP contribution in [0.5, 0.6) is 5.75 Å². The van der Waals surface area contributed by atoms with E-state index >= 15 is 0 Å². The molecule has 7 heteroatoms. The molecule has 160 valence electrons. The molecule has 0 spiro atoms. The minimum atomic E-state index is -1.04. The van der Waals surface area contributed by atoms with E-state index in [0.717, 1.165) is 37.0 Å². The molecule has 4 rings (SSSR count). The third kappa shape index (κ3) is 4.06. The second-order valence-corrected chi connectivity index (χ2v) is 8.51. The summed E-state index contributed by atoms with van der Waals surface area (Å²) in [6.07, 6.45) is 5.44. The zero-order valence-corrected chi connectivity index (χ0v) is 17.3. The van der Waals surface area contributed by atoms with Gasteiger partial charge in [0.05, 0.1) is 12.5 Å². The monoisotopic (exact) mass is 412 g/mol. The van der Waals surface area contributed by atoms with Gasteiger partial charge >= 0.3 is 5.97 Å². The van der Waals surface area contributed by atoms with Crippen LogP contribution in [0.15, 0.2) is 34.9 Å². The standard InChI is InChI=1S/C23H28N2O5/c1-29-18-9-7-16(8-10-18)20-13-19(30-24-20)14-23(22(27)28)11-4-12-25(15-23)21(26)17-5-2-3-6-17/h7-10,13,17H,2-6,11-12,14-15H2,1H3,(H,27,28)/t23-/m1/s1. The van der Waals surface area contributed by atoms with E-state index in [2.05, 4.69) is 5.16 Å². The summed E-state index contributed by atoms with van der Waals surface area (Å²) in [6.45, 7) is 0.869. The van der Waals surface area contributed by atoms with Gasteiger partial charge in [0.2, 0.25) is 5.91 Å². The molecule has 30 heavy (non-hydrogen) atoms. The number of aromatic nitrogens is 1. The van der Waals surface area contributed by atoms with Gasteiger partial charge in [0.25, 0.3) is 0 Å². The highest BCUT2D eigenvalue weighted by Gasteiger charge is 2.45. The van der Waals surface area contributed by atoms with Crippen molar-refractivity contribution in [2.45, 2.75) is 44.9 Å². The third-order valence-electron chi connectivity index (χ3n) is 6.50. The number of rotatable bonds is 6. The lowest BCUT2D eigenvalue weighted by Crippen LogP contribution is -2.52. The maximum atomic E-state index is 12.9. The van der Waals surface area contributed by atoms with Crippen molar-refractivity contribution < 1.29 is 24.0 Å². The Morgan fingerprint density at radius 2 is 1.97 bits per heavy atom. The van der Waals surface area contributed by atoms with Crippen molar-refractivity contribution in [2.75, 3.05) is 20.2 Å². The van der Waals surface area contributed by atoms with Crippen LogP contribution in [0.3, 0.4) is 0 Å². The fourth-order valence-electron chi connectivity index (χ4n) is 4.77. The number of carbonyl (C=O) groups is 2. The van der Waals surface area contributed by atoms with Gasteiger partial charge in [-0.25, -0.2) is 0 Å². The molecule has 1 saturated heterocycles. The quantitative estimate of drug-likeness (QED) is 0.776. The molecule has 0 radical (unpaired) electrons. The highest BCUT2D eigenvalue weighted by molar-refractivity contribution is 5.81. The first-order chi connectivity index (χ1) is 14.5. The molecule has 2 fully saturated rings. The topological polar surface area (TPSA) is 92.9 Å². The zero-order valence-electron chi connectivity index (χ0n) is 17.3. The number of carboxylic acid groups (broad SMARTS) is 1. The van der Waals surface area contributed by atoms with E-state index in [1.54, 1.807) is 18.1 Å². The van der Waals surface area contributed by atoms with Gasteiger partial charge in [-0.15, -0.1) is 0 Å². The Kier molecular flexibility index (Phi) is 5.79. The van der Waals surface area contributed by atoms with Crippen molar-refractivity contribution in [1.29, 1.82) is 0 Å². The van der Waals surface area contributed by atoms with Crippen LogP contribution in [-0.2, 0) is 16.0 Å². The number of nitrogens with zero attached hydrogens (tertiary/aromatic N) is 2. The predicted octanol–water partition coefficient (Wildman–Crippen LogP) is 3.78. The van der Waals surface area contributed by atoms with Gasteiger partial charge in [-0.2, -0.15) is 0 Å². The summed E-state index contributed by atoms with van der Waals surface area (Å²) in [4.78, 5) is 27.0. The van der Waals surface area contributed by atoms with Gasteiger partial charge in [-0.3, -0.25) is 9.59 Å². The Hall–Kier alpha value is -2.83. The van der Waals surface area contributed by atoms with Crippen molar-refractivity contribution in [3.8, 4) is 17.0 Å². The molecule has 1 N–H and O–H groups in total. The Morgan fingerprint density at radius 1 is 1.23 bits per heavy atom. The fourth-order valence-corrected chi connectivity index (χ4v) is 4.77. The molecule has 1 aliphatic heterocycles. The summed E-state index contributed by atoms with van der Waals surface area (Å²) >= 11 is 0. The van der Waals surface area contributed by atoms with E-state index in [0.29, 0.717) is 30.8 Å². The van der Waals surface area contributed by atoms with Crippen LogP contribution in [0.25, 0.3) is 11.3 Å². The molecule has 2 heterocycles. The number of carbonyl (C=O) groups excluding carboxylic acids is 1. The second kappa shape index (κ2) is 8.50. The normalized spacial score (nSPS) is 22.2. The molecule has 1 aromatic heterocycles. The third-order valence-corrected chi connectivity index (χ3v) is 6.50. The van der Waals surface area contributed by atoms with E-state index in [9.17, 15) is 14.7 Å². The lowest BCUT2D eigenvalue weighted by molar-refractivity contribution is -0.156. The van der Waals surface area contributed by atoms with Crippen LogP contribution in [0.4, 0.5) is 0 Å². The molecule has 1 aromatic carbocycles. The van der Waals surface area contributed by atoms with Crippen LogP contribution < -0.4 is 4.74 Å². The van der Waals surface area contributed by atoms with Crippen molar-refractivity contribution in [2.24, 2.45) is 11.3 Å². The molecule has 1 amide bonds. The number of methoxy groups -OCH3 is 1. The van der Waals surface area contributed by atoms with Crippen LogP contribution >= 0.6 is 0 Å². The number of carboxylic acids is 1. The van der Waals surface area contributed by atoms with Gasteiger partial charge in [0, 0.05) is 37.1 Å². The summed E-state index contributed by atoms with van der Waals surface area (Å²) in [7, 11) is 1.61. The Balaban J connectivity index is 1.51. The zero-order chi connectivity index (χ0) is 21.1. The number of amides is 1. The van der Waals surface area contributed by atoms with E-state index in [1.807, 2.05) is 24.3 Å². The second-order valence-electron chi connectivity index (χ2n) is 8.51. The van der Waals surface area contributed by atoms with Gasteiger partial charge in [-0.05, 0) is 49.9 Å². The van der Waals surface area contributed by atoms with Crippen LogP contribution in [-0.4, -0.2) is 47.2 Å². The Bertz CT molecular complexity index is 901. The smallest absolute Gasteiger partial charge is 0.311 e. The molecule has 0 bridgehead atoms. The van der Waals surface area contributed by atoms with E-state index < -0.39 is 11.4 Å². The highest BCUT2D eigenvalue weighted by Crippen LogP contribution is 2.37. The SMILES string of the molecule is COc1ccc(-c2cc(C[C@]3(C(=O)O)CCCN(C(=O)C4CCCC4)C3)on2)cc1. The highest BCUT2D eigenvalue weighted by atomic mass is 16.5. The van der Waals surface area contributed by atoms with Gasteiger partial charge < -0.3 is 19.3 Å². The van der Waals surface area contributed by atoms with Crippen molar-refractivity contribution >= 4 is 11.9 Å². The maximum absolute atomic E-state index is 12.9. The number of ether oxygens (including phenoxy) is 1. The number of likely N-dealkylation sites (tertiary alicyclic amines) is 1. The first kappa shape index (κ1) is 20.4. The summed E-state index contributed by atoms with van der Waals surface area (Å²) < 4.78 is 10.7. The minimum absolute atomic E-state index is 0.0570. The van der Waals surface area contributed by atoms with Crippen molar-refractivity contribution in [3.63, 3.8) is 0 Å². The molecule has 1 saturated carbocycles. The van der Waals surface area contributed by atoms with Gasteiger partial charge in [0.1, 0.15) is 17.2 Å². The number of hydrogen-bond donors (Lipinski definition) is 1. The lowest BCUT2D eigenvalue weighted by atomic mass is 9.76. The van der Waals surface area contributed by atoms with Crippen LogP contribution in [0.2, 0.25) is 0 Å². The minimum Gasteiger partial charge on any atom is -0.497 e. The number of aliphatic carboxylic acids is 1.